The minimum Gasteiger partial charge on any atom is -0.479 e. The fourth-order valence-corrected chi connectivity index (χ4v) is 2.52. The van der Waals surface area contributed by atoms with Crippen LogP contribution in [-0.4, -0.2) is 25.9 Å². The molecule has 1 aromatic carbocycles. The second-order valence-electron chi connectivity index (χ2n) is 4.78. The Balaban J connectivity index is 1.93. The lowest BCUT2D eigenvalue weighted by Gasteiger charge is -2.31. The Morgan fingerprint density at radius 2 is 2.00 bits per heavy atom. The van der Waals surface area contributed by atoms with Crippen molar-refractivity contribution in [1.29, 1.82) is 5.26 Å². The van der Waals surface area contributed by atoms with Crippen molar-refractivity contribution in [1.82, 2.24) is 0 Å². The molecule has 1 N–H and O–H groups in total. The van der Waals surface area contributed by atoms with Crippen molar-refractivity contribution < 1.29 is 9.47 Å². The van der Waals surface area contributed by atoms with Crippen LogP contribution in [0.3, 0.4) is 0 Å². The van der Waals surface area contributed by atoms with Gasteiger partial charge in [-0.25, -0.2) is 0 Å². The topological polar surface area (TPSA) is 54.3 Å². The monoisotopic (exact) mass is 260 g/mol. The van der Waals surface area contributed by atoms with E-state index >= 15 is 0 Å². The first-order valence-electron chi connectivity index (χ1n) is 6.72. The van der Waals surface area contributed by atoms with E-state index in [0.29, 0.717) is 12.1 Å². The van der Waals surface area contributed by atoms with Crippen LogP contribution in [0.5, 0.6) is 5.75 Å². The van der Waals surface area contributed by atoms with Crippen LogP contribution >= 0.6 is 0 Å². The summed E-state index contributed by atoms with van der Waals surface area (Å²) in [7, 11) is 1.78. The van der Waals surface area contributed by atoms with E-state index in [-0.39, 0.29) is 6.61 Å². The fraction of sp³-hybridized carbons (Fsp3) is 0.533. The molecule has 0 spiro atoms. The lowest BCUT2D eigenvalue weighted by molar-refractivity contribution is 0.0606. The van der Waals surface area contributed by atoms with Crippen LogP contribution in [0.15, 0.2) is 24.3 Å². The molecule has 102 valence electrons. The van der Waals surface area contributed by atoms with Gasteiger partial charge in [0.1, 0.15) is 11.8 Å². The third kappa shape index (κ3) is 3.87. The van der Waals surface area contributed by atoms with Gasteiger partial charge in [-0.15, -0.1) is 0 Å². The third-order valence-corrected chi connectivity index (χ3v) is 3.52. The standard InChI is InChI=1S/C15H20N2O2/c1-18-15-5-3-2-4-14(15)17-12-6-8-13(9-7-12)19-11-10-16/h6-9,14-15,17H,2-5,11H2,1H3. The summed E-state index contributed by atoms with van der Waals surface area (Å²) in [6.45, 7) is 0.0845. The van der Waals surface area contributed by atoms with E-state index in [9.17, 15) is 0 Å². The van der Waals surface area contributed by atoms with E-state index in [2.05, 4.69) is 5.32 Å². The van der Waals surface area contributed by atoms with Gasteiger partial charge in [0, 0.05) is 12.8 Å². The number of methoxy groups -OCH3 is 1. The lowest BCUT2D eigenvalue weighted by Crippen LogP contribution is -2.37. The molecule has 0 heterocycles. The van der Waals surface area contributed by atoms with E-state index in [1.165, 1.54) is 12.8 Å². The maximum Gasteiger partial charge on any atom is 0.174 e. The van der Waals surface area contributed by atoms with Gasteiger partial charge in [-0.2, -0.15) is 5.26 Å². The maximum atomic E-state index is 8.45. The van der Waals surface area contributed by atoms with Crippen LogP contribution in [0.25, 0.3) is 0 Å². The van der Waals surface area contributed by atoms with Gasteiger partial charge in [-0.1, -0.05) is 12.8 Å². The molecule has 0 aliphatic heterocycles. The Kier molecular flexibility index (Phi) is 5.05. The normalized spacial score (nSPS) is 22.5. The molecule has 2 unspecified atom stereocenters. The number of hydrogen-bond acceptors (Lipinski definition) is 4. The highest BCUT2D eigenvalue weighted by Crippen LogP contribution is 2.25. The molecular weight excluding hydrogens is 240 g/mol. The molecule has 0 bridgehead atoms. The van der Waals surface area contributed by atoms with Crippen molar-refractivity contribution in [2.45, 2.75) is 37.8 Å². The molecule has 1 aliphatic carbocycles. The predicted octanol–water partition coefficient (Wildman–Crippen LogP) is 2.96. The lowest BCUT2D eigenvalue weighted by atomic mass is 9.92. The van der Waals surface area contributed by atoms with Gasteiger partial charge in [0.15, 0.2) is 6.61 Å². The molecule has 4 heteroatoms. The minimum atomic E-state index is 0.0845. The van der Waals surface area contributed by atoms with Gasteiger partial charge in [0.05, 0.1) is 12.1 Å². The molecule has 1 aromatic rings. The zero-order valence-corrected chi connectivity index (χ0v) is 11.3. The van der Waals surface area contributed by atoms with Crippen molar-refractivity contribution in [3.63, 3.8) is 0 Å². The summed E-state index contributed by atoms with van der Waals surface area (Å²) < 4.78 is 10.8. The first-order valence-corrected chi connectivity index (χ1v) is 6.72. The number of anilines is 1. The van der Waals surface area contributed by atoms with Gasteiger partial charge in [-0.3, -0.25) is 0 Å². The summed E-state index contributed by atoms with van der Waals surface area (Å²) in [6, 6.07) is 10.1. The number of hydrogen-bond donors (Lipinski definition) is 1. The molecule has 0 aromatic heterocycles. The number of rotatable bonds is 5. The number of ether oxygens (including phenoxy) is 2. The SMILES string of the molecule is COC1CCCCC1Nc1ccc(OCC#N)cc1. The summed E-state index contributed by atoms with van der Waals surface area (Å²) in [4.78, 5) is 0. The highest BCUT2D eigenvalue weighted by Gasteiger charge is 2.24. The number of nitrogens with one attached hydrogen (secondary N) is 1. The van der Waals surface area contributed by atoms with E-state index in [1.54, 1.807) is 7.11 Å². The van der Waals surface area contributed by atoms with Crippen LogP contribution in [0.1, 0.15) is 25.7 Å². The first-order chi connectivity index (χ1) is 9.33. The van der Waals surface area contributed by atoms with Gasteiger partial charge in [-0.05, 0) is 37.1 Å². The van der Waals surface area contributed by atoms with Crippen molar-refractivity contribution >= 4 is 5.69 Å². The summed E-state index contributed by atoms with van der Waals surface area (Å²) in [6.07, 6.45) is 5.06. The van der Waals surface area contributed by atoms with E-state index in [4.69, 9.17) is 14.7 Å². The highest BCUT2D eigenvalue weighted by molar-refractivity contribution is 5.47. The summed E-state index contributed by atoms with van der Waals surface area (Å²) >= 11 is 0. The average molecular weight is 260 g/mol. The molecule has 0 saturated heterocycles. The molecule has 19 heavy (non-hydrogen) atoms. The third-order valence-electron chi connectivity index (χ3n) is 3.52. The second-order valence-corrected chi connectivity index (χ2v) is 4.78. The minimum absolute atomic E-state index is 0.0845. The summed E-state index contributed by atoms with van der Waals surface area (Å²) in [5, 5.41) is 12.0. The maximum absolute atomic E-state index is 8.45. The zero-order valence-electron chi connectivity index (χ0n) is 11.3. The van der Waals surface area contributed by atoms with Crippen molar-refractivity contribution in [3.8, 4) is 11.8 Å². The Bertz CT molecular complexity index is 425. The molecule has 4 nitrogen and oxygen atoms in total. The number of nitriles is 1. The van der Waals surface area contributed by atoms with Crippen LogP contribution in [0.4, 0.5) is 5.69 Å². The summed E-state index contributed by atoms with van der Waals surface area (Å²) in [5.41, 5.74) is 1.07. The quantitative estimate of drug-likeness (QED) is 0.884. The Morgan fingerprint density at radius 1 is 1.26 bits per heavy atom. The van der Waals surface area contributed by atoms with Crippen molar-refractivity contribution in [2.24, 2.45) is 0 Å². The van der Waals surface area contributed by atoms with Crippen LogP contribution in [0, 0.1) is 11.3 Å². The Hall–Kier alpha value is -1.73. The van der Waals surface area contributed by atoms with Gasteiger partial charge >= 0.3 is 0 Å². The van der Waals surface area contributed by atoms with Gasteiger partial charge in [0.25, 0.3) is 0 Å². The largest absolute Gasteiger partial charge is 0.479 e. The van der Waals surface area contributed by atoms with E-state index in [1.807, 2.05) is 30.3 Å². The first kappa shape index (κ1) is 13.7. The molecule has 2 atom stereocenters. The second kappa shape index (κ2) is 7.01. The average Bonchev–Trinajstić information content (AvgIpc) is 2.47. The highest BCUT2D eigenvalue weighted by atomic mass is 16.5. The van der Waals surface area contributed by atoms with Crippen molar-refractivity contribution in [3.05, 3.63) is 24.3 Å². The Labute approximate surface area is 114 Å². The van der Waals surface area contributed by atoms with E-state index in [0.717, 1.165) is 24.3 Å². The van der Waals surface area contributed by atoms with Crippen LogP contribution in [0.2, 0.25) is 0 Å². The van der Waals surface area contributed by atoms with Gasteiger partial charge in [0.2, 0.25) is 0 Å². The molecule has 1 aliphatic rings. The summed E-state index contributed by atoms with van der Waals surface area (Å²) in [5.74, 6) is 0.721. The smallest absolute Gasteiger partial charge is 0.174 e. The predicted molar refractivity (Wildman–Crippen MR) is 74.2 cm³/mol. The Morgan fingerprint density at radius 3 is 2.68 bits per heavy atom. The fourth-order valence-electron chi connectivity index (χ4n) is 2.52. The van der Waals surface area contributed by atoms with Crippen LogP contribution < -0.4 is 10.1 Å². The van der Waals surface area contributed by atoms with E-state index < -0.39 is 0 Å². The molecule has 0 amide bonds. The van der Waals surface area contributed by atoms with Crippen LogP contribution in [-0.2, 0) is 4.74 Å². The number of benzene rings is 1. The van der Waals surface area contributed by atoms with Crippen molar-refractivity contribution in [2.75, 3.05) is 19.0 Å². The molecule has 1 fully saturated rings. The molecular formula is C15H20N2O2. The van der Waals surface area contributed by atoms with Gasteiger partial charge < -0.3 is 14.8 Å². The molecule has 1 saturated carbocycles. The molecule has 2 rings (SSSR count). The zero-order chi connectivity index (χ0) is 13.5. The molecule has 0 radical (unpaired) electrons. The number of nitrogens with zero attached hydrogens (tertiary/aromatic N) is 1.